The highest BCUT2D eigenvalue weighted by molar-refractivity contribution is 6.00. The van der Waals surface area contributed by atoms with Crippen LogP contribution in [0.5, 0.6) is 5.75 Å². The molecule has 0 bridgehead atoms. The summed E-state index contributed by atoms with van der Waals surface area (Å²) in [5.41, 5.74) is 0.968. The first-order valence-corrected chi connectivity index (χ1v) is 11.5. The fraction of sp³-hybridized carbons (Fsp3) is 0.400. The summed E-state index contributed by atoms with van der Waals surface area (Å²) in [4.78, 5) is 25.8. The van der Waals surface area contributed by atoms with E-state index in [1.165, 1.54) is 12.4 Å². The van der Waals surface area contributed by atoms with Crippen LogP contribution < -0.4 is 15.0 Å². The summed E-state index contributed by atoms with van der Waals surface area (Å²) in [5.74, 6) is 0.805. The number of halogens is 1. The zero-order chi connectivity index (χ0) is 23.9. The molecule has 2 aromatic carbocycles. The molecule has 178 valence electrons. The molecule has 1 spiro atoms. The fourth-order valence-electron chi connectivity index (χ4n) is 5.08. The molecule has 34 heavy (non-hydrogen) atoms. The number of benzene rings is 2. The molecule has 2 saturated heterocycles. The Balaban J connectivity index is 1.55. The summed E-state index contributed by atoms with van der Waals surface area (Å²) in [7, 11) is 3.66. The Bertz CT molecular complexity index is 1240. The average molecular weight is 466 g/mol. The van der Waals surface area contributed by atoms with Gasteiger partial charge in [0.05, 0.1) is 30.5 Å². The lowest BCUT2D eigenvalue weighted by Crippen LogP contribution is -2.53. The van der Waals surface area contributed by atoms with Gasteiger partial charge >= 0.3 is 6.09 Å². The van der Waals surface area contributed by atoms with Crippen LogP contribution in [0.4, 0.5) is 26.4 Å². The number of likely N-dealkylation sites (tertiary alicyclic amines) is 1. The second-order valence-electron chi connectivity index (χ2n) is 9.00. The number of piperidine rings is 1. The van der Waals surface area contributed by atoms with Crippen LogP contribution in [0.3, 0.4) is 0 Å². The van der Waals surface area contributed by atoms with Crippen molar-refractivity contribution in [1.82, 2.24) is 14.9 Å². The number of hydrogen-bond acceptors (Lipinski definition) is 7. The molecule has 2 aliphatic heterocycles. The molecule has 9 heteroatoms. The van der Waals surface area contributed by atoms with Gasteiger partial charge in [0.2, 0.25) is 0 Å². The number of ether oxygens (including phenoxy) is 2. The van der Waals surface area contributed by atoms with Crippen molar-refractivity contribution in [2.45, 2.75) is 25.4 Å². The van der Waals surface area contributed by atoms with Crippen LogP contribution in [0.1, 0.15) is 19.8 Å². The van der Waals surface area contributed by atoms with Crippen LogP contribution in [0, 0.1) is 11.7 Å². The van der Waals surface area contributed by atoms with Crippen molar-refractivity contribution < 1.29 is 18.7 Å². The van der Waals surface area contributed by atoms with Gasteiger partial charge in [0.1, 0.15) is 29.3 Å². The number of nitrogens with zero attached hydrogens (tertiary/aromatic N) is 4. The standard InChI is InChI=1S/C25H28FN5O3/c1-4-16-13-30(2)10-9-25(16)14-31(24(32)34-25)21-11-17-20(12-22(21)33-3)27-15-28-23(17)29-19-8-6-5-7-18(19)26/h5-8,11-12,15-16H,4,9-10,13-14H2,1-3H3,(H,27,28,29). The molecular weight excluding hydrogens is 437 g/mol. The predicted molar refractivity (Wildman–Crippen MR) is 128 cm³/mol. The van der Waals surface area contributed by atoms with E-state index in [2.05, 4.69) is 34.2 Å². The van der Waals surface area contributed by atoms with E-state index in [4.69, 9.17) is 9.47 Å². The summed E-state index contributed by atoms with van der Waals surface area (Å²) in [6.07, 6.45) is 2.73. The van der Waals surface area contributed by atoms with Crippen molar-refractivity contribution in [3.63, 3.8) is 0 Å². The van der Waals surface area contributed by atoms with Gasteiger partial charge in [0.25, 0.3) is 0 Å². The average Bonchev–Trinajstić information content (AvgIpc) is 3.18. The summed E-state index contributed by atoms with van der Waals surface area (Å²) in [6, 6.07) is 9.97. The van der Waals surface area contributed by atoms with Crippen LogP contribution in [-0.2, 0) is 4.74 Å². The third-order valence-corrected chi connectivity index (χ3v) is 6.98. The number of carbonyl (C=O) groups is 1. The van der Waals surface area contributed by atoms with Crippen LogP contribution in [0.25, 0.3) is 10.9 Å². The molecule has 0 saturated carbocycles. The maximum absolute atomic E-state index is 14.3. The Morgan fingerprint density at radius 1 is 1.29 bits per heavy atom. The molecule has 0 aliphatic carbocycles. The third kappa shape index (κ3) is 3.79. The van der Waals surface area contributed by atoms with Gasteiger partial charge in [-0.3, -0.25) is 4.90 Å². The minimum Gasteiger partial charge on any atom is -0.494 e. The van der Waals surface area contributed by atoms with Crippen molar-refractivity contribution in [2.24, 2.45) is 5.92 Å². The SMILES string of the molecule is CCC1CN(C)CCC12CN(c1cc3c(Nc4ccccc4F)ncnc3cc1OC)C(=O)O2. The molecule has 3 heterocycles. The largest absolute Gasteiger partial charge is 0.494 e. The van der Waals surface area contributed by atoms with Crippen LogP contribution >= 0.6 is 0 Å². The molecular formula is C25H28FN5O3. The van der Waals surface area contributed by atoms with Gasteiger partial charge in [-0.15, -0.1) is 0 Å². The Kier molecular flexibility index (Phi) is 5.73. The minimum atomic E-state index is -0.528. The molecule has 0 radical (unpaired) electrons. The van der Waals surface area contributed by atoms with E-state index in [1.54, 1.807) is 36.3 Å². The number of hydrogen-bond donors (Lipinski definition) is 1. The Morgan fingerprint density at radius 3 is 2.88 bits per heavy atom. The van der Waals surface area contributed by atoms with Gasteiger partial charge in [-0.2, -0.15) is 0 Å². The molecule has 1 aromatic heterocycles. The highest BCUT2D eigenvalue weighted by Crippen LogP contribution is 2.44. The van der Waals surface area contributed by atoms with Gasteiger partial charge < -0.3 is 19.7 Å². The number of carbonyl (C=O) groups excluding carboxylic acids is 1. The lowest BCUT2D eigenvalue weighted by Gasteiger charge is -2.42. The maximum atomic E-state index is 14.3. The second kappa shape index (κ2) is 8.72. The van der Waals surface area contributed by atoms with Crippen molar-refractivity contribution in [3.8, 4) is 5.75 Å². The number of fused-ring (bicyclic) bond motifs is 1. The highest BCUT2D eigenvalue weighted by Gasteiger charge is 2.52. The van der Waals surface area contributed by atoms with Crippen molar-refractivity contribution >= 4 is 34.2 Å². The van der Waals surface area contributed by atoms with E-state index < -0.39 is 5.60 Å². The predicted octanol–water partition coefficient (Wildman–Crippen LogP) is 4.58. The summed E-state index contributed by atoms with van der Waals surface area (Å²) in [5, 5.41) is 3.70. The molecule has 2 atom stereocenters. The number of methoxy groups -OCH3 is 1. The highest BCUT2D eigenvalue weighted by atomic mass is 19.1. The first-order chi connectivity index (χ1) is 16.4. The Labute approximate surface area is 197 Å². The smallest absolute Gasteiger partial charge is 0.415 e. The topological polar surface area (TPSA) is 79.8 Å². The van der Waals surface area contributed by atoms with E-state index in [-0.39, 0.29) is 17.8 Å². The molecule has 2 aliphatic rings. The quantitative estimate of drug-likeness (QED) is 0.591. The summed E-state index contributed by atoms with van der Waals surface area (Å²) < 4.78 is 26.0. The molecule has 8 nitrogen and oxygen atoms in total. The number of nitrogens with one attached hydrogen (secondary N) is 1. The van der Waals surface area contributed by atoms with Crippen LogP contribution in [0.2, 0.25) is 0 Å². The third-order valence-electron chi connectivity index (χ3n) is 6.98. The van der Waals surface area contributed by atoms with E-state index in [0.29, 0.717) is 40.4 Å². The number of anilines is 3. The van der Waals surface area contributed by atoms with Gasteiger partial charge in [-0.25, -0.2) is 19.2 Å². The Hall–Kier alpha value is -3.46. The minimum absolute atomic E-state index is 0.244. The summed E-state index contributed by atoms with van der Waals surface area (Å²) >= 11 is 0. The van der Waals surface area contributed by atoms with E-state index >= 15 is 0 Å². The maximum Gasteiger partial charge on any atom is 0.415 e. The van der Waals surface area contributed by atoms with Gasteiger partial charge in [0, 0.05) is 36.9 Å². The molecule has 5 rings (SSSR count). The van der Waals surface area contributed by atoms with E-state index in [1.807, 2.05) is 6.07 Å². The molecule has 1 amide bonds. The van der Waals surface area contributed by atoms with Crippen molar-refractivity contribution in [1.29, 1.82) is 0 Å². The zero-order valence-electron chi connectivity index (χ0n) is 19.5. The van der Waals surface area contributed by atoms with E-state index in [9.17, 15) is 9.18 Å². The first kappa shape index (κ1) is 22.3. The monoisotopic (exact) mass is 465 g/mol. The van der Waals surface area contributed by atoms with Gasteiger partial charge in [-0.05, 0) is 31.7 Å². The number of rotatable bonds is 5. The van der Waals surface area contributed by atoms with Crippen molar-refractivity contribution in [2.75, 3.05) is 44.0 Å². The first-order valence-electron chi connectivity index (χ1n) is 11.5. The molecule has 1 N–H and O–H groups in total. The van der Waals surface area contributed by atoms with Crippen molar-refractivity contribution in [3.05, 3.63) is 48.5 Å². The normalized spacial score (nSPS) is 22.9. The van der Waals surface area contributed by atoms with Gasteiger partial charge in [-0.1, -0.05) is 19.1 Å². The number of aromatic nitrogens is 2. The molecule has 3 aromatic rings. The van der Waals surface area contributed by atoms with E-state index in [0.717, 1.165) is 25.9 Å². The molecule has 2 fully saturated rings. The lowest BCUT2D eigenvalue weighted by atomic mass is 9.79. The Morgan fingerprint density at radius 2 is 2.12 bits per heavy atom. The molecule has 2 unspecified atom stereocenters. The summed E-state index contributed by atoms with van der Waals surface area (Å²) in [6.45, 7) is 4.34. The van der Waals surface area contributed by atoms with Crippen LogP contribution in [0.15, 0.2) is 42.7 Å². The zero-order valence-corrected chi connectivity index (χ0v) is 19.5. The number of para-hydroxylation sites is 1. The van der Waals surface area contributed by atoms with Crippen LogP contribution in [-0.4, -0.2) is 60.4 Å². The lowest BCUT2D eigenvalue weighted by molar-refractivity contribution is -0.0437. The second-order valence-corrected chi connectivity index (χ2v) is 9.00. The number of amides is 1. The van der Waals surface area contributed by atoms with Gasteiger partial charge in [0.15, 0.2) is 0 Å². The fourth-order valence-corrected chi connectivity index (χ4v) is 5.08.